The van der Waals surface area contributed by atoms with E-state index in [2.05, 4.69) is 9.64 Å². The van der Waals surface area contributed by atoms with Gasteiger partial charge in [-0.1, -0.05) is 0 Å². The van der Waals surface area contributed by atoms with Crippen molar-refractivity contribution in [2.75, 3.05) is 20.2 Å². The Hall–Kier alpha value is -1.10. The standard InChI is InChI=1S/C11H17NO4/c1-16-10(15)11(9(13)14)4-6-12(7-5-11)8-2-3-8/h8H,2-7H2,1H3,(H,13,14). The number of hydrogen-bond donors (Lipinski definition) is 1. The molecule has 1 aliphatic heterocycles. The Morgan fingerprint density at radius 2 is 1.88 bits per heavy atom. The number of piperidine rings is 1. The minimum absolute atomic E-state index is 0.367. The number of carboxylic acids is 1. The van der Waals surface area contributed by atoms with E-state index in [-0.39, 0.29) is 0 Å². The molecule has 0 atom stereocenters. The van der Waals surface area contributed by atoms with Crippen LogP contribution < -0.4 is 0 Å². The first kappa shape index (κ1) is 11.4. The molecule has 1 N–H and O–H groups in total. The highest BCUT2D eigenvalue weighted by Crippen LogP contribution is 2.37. The predicted molar refractivity (Wildman–Crippen MR) is 55.9 cm³/mol. The molecule has 0 radical (unpaired) electrons. The van der Waals surface area contributed by atoms with Crippen LogP contribution in [0.15, 0.2) is 0 Å². The number of carbonyl (C=O) groups is 2. The first-order chi connectivity index (χ1) is 7.60. The lowest BCUT2D eigenvalue weighted by Gasteiger charge is -2.36. The van der Waals surface area contributed by atoms with Crippen LogP contribution in [0, 0.1) is 5.41 Å². The predicted octanol–water partition coefficient (Wildman–Crippen LogP) is 0.489. The molecule has 2 rings (SSSR count). The fourth-order valence-corrected chi connectivity index (χ4v) is 2.41. The van der Waals surface area contributed by atoms with E-state index in [1.807, 2.05) is 0 Å². The van der Waals surface area contributed by atoms with Crippen molar-refractivity contribution in [2.24, 2.45) is 5.41 Å². The van der Waals surface area contributed by atoms with E-state index in [0.29, 0.717) is 32.0 Å². The van der Waals surface area contributed by atoms with Crippen molar-refractivity contribution in [1.29, 1.82) is 0 Å². The number of esters is 1. The van der Waals surface area contributed by atoms with Gasteiger partial charge in [0.15, 0.2) is 5.41 Å². The molecular weight excluding hydrogens is 210 g/mol. The monoisotopic (exact) mass is 227 g/mol. The number of rotatable bonds is 3. The molecule has 1 aliphatic carbocycles. The van der Waals surface area contributed by atoms with Crippen molar-refractivity contribution in [1.82, 2.24) is 4.90 Å². The van der Waals surface area contributed by atoms with Crippen LogP contribution in [0.2, 0.25) is 0 Å². The SMILES string of the molecule is COC(=O)C1(C(=O)O)CCN(C2CC2)CC1. The molecule has 2 fully saturated rings. The number of hydrogen-bond acceptors (Lipinski definition) is 4. The summed E-state index contributed by atoms with van der Waals surface area (Å²) < 4.78 is 4.63. The third-order valence-electron chi connectivity index (χ3n) is 3.70. The Morgan fingerprint density at radius 3 is 2.25 bits per heavy atom. The van der Waals surface area contributed by atoms with Crippen LogP contribution in [0.25, 0.3) is 0 Å². The maximum atomic E-state index is 11.6. The van der Waals surface area contributed by atoms with Gasteiger partial charge in [0.25, 0.3) is 0 Å². The number of methoxy groups -OCH3 is 1. The minimum Gasteiger partial charge on any atom is -0.480 e. The lowest BCUT2D eigenvalue weighted by molar-refractivity contribution is -0.170. The molecule has 0 amide bonds. The Kier molecular flexibility index (Phi) is 2.88. The highest BCUT2D eigenvalue weighted by molar-refractivity contribution is 5.99. The first-order valence-corrected chi connectivity index (χ1v) is 5.66. The van der Waals surface area contributed by atoms with Gasteiger partial charge in [0.05, 0.1) is 7.11 Å². The number of likely N-dealkylation sites (tertiary alicyclic amines) is 1. The van der Waals surface area contributed by atoms with Crippen molar-refractivity contribution >= 4 is 11.9 Å². The van der Waals surface area contributed by atoms with Crippen molar-refractivity contribution in [3.8, 4) is 0 Å². The Balaban J connectivity index is 2.05. The molecule has 0 unspecified atom stereocenters. The highest BCUT2D eigenvalue weighted by Gasteiger charge is 2.50. The summed E-state index contributed by atoms with van der Waals surface area (Å²) in [5.74, 6) is -1.65. The van der Waals surface area contributed by atoms with E-state index in [0.717, 1.165) is 0 Å². The lowest BCUT2D eigenvalue weighted by atomic mass is 9.78. The minimum atomic E-state index is -1.31. The van der Waals surface area contributed by atoms with E-state index in [1.54, 1.807) is 0 Å². The molecule has 1 saturated heterocycles. The zero-order valence-corrected chi connectivity index (χ0v) is 9.44. The second-order valence-corrected chi connectivity index (χ2v) is 4.65. The van der Waals surface area contributed by atoms with Gasteiger partial charge in [0.2, 0.25) is 0 Å². The van der Waals surface area contributed by atoms with Gasteiger partial charge in [-0.3, -0.25) is 9.59 Å². The van der Waals surface area contributed by atoms with Crippen molar-refractivity contribution < 1.29 is 19.4 Å². The van der Waals surface area contributed by atoms with Gasteiger partial charge in [-0.15, -0.1) is 0 Å². The number of aliphatic carboxylic acids is 1. The highest BCUT2D eigenvalue weighted by atomic mass is 16.5. The van der Waals surface area contributed by atoms with Gasteiger partial charge in [-0.05, 0) is 25.7 Å². The summed E-state index contributed by atoms with van der Waals surface area (Å²) in [6.07, 6.45) is 3.15. The van der Waals surface area contributed by atoms with Crippen LogP contribution in [0.4, 0.5) is 0 Å². The zero-order chi connectivity index (χ0) is 11.8. The molecule has 0 bridgehead atoms. The van der Waals surface area contributed by atoms with Crippen LogP contribution in [0.5, 0.6) is 0 Å². The van der Waals surface area contributed by atoms with Crippen molar-refractivity contribution in [2.45, 2.75) is 31.7 Å². The largest absolute Gasteiger partial charge is 0.480 e. The maximum Gasteiger partial charge on any atom is 0.323 e. The molecule has 0 aromatic rings. The molecule has 0 aromatic heterocycles. The summed E-state index contributed by atoms with van der Waals surface area (Å²) in [6, 6.07) is 0.629. The van der Waals surface area contributed by atoms with E-state index >= 15 is 0 Å². The van der Waals surface area contributed by atoms with Gasteiger partial charge in [-0.25, -0.2) is 0 Å². The summed E-state index contributed by atoms with van der Waals surface area (Å²) in [6.45, 7) is 1.37. The fourth-order valence-electron chi connectivity index (χ4n) is 2.41. The molecule has 16 heavy (non-hydrogen) atoms. The van der Waals surface area contributed by atoms with Crippen molar-refractivity contribution in [3.63, 3.8) is 0 Å². The summed E-state index contributed by atoms with van der Waals surface area (Å²) in [4.78, 5) is 25.1. The first-order valence-electron chi connectivity index (χ1n) is 5.66. The third kappa shape index (κ3) is 1.80. The summed E-state index contributed by atoms with van der Waals surface area (Å²) in [5, 5.41) is 9.21. The van der Waals surface area contributed by atoms with Crippen LogP contribution in [0.1, 0.15) is 25.7 Å². The molecule has 0 spiro atoms. The number of ether oxygens (including phenoxy) is 1. The average Bonchev–Trinajstić information content (AvgIpc) is 3.11. The molecular formula is C11H17NO4. The van der Waals surface area contributed by atoms with Crippen LogP contribution in [0.3, 0.4) is 0 Å². The normalized spacial score (nSPS) is 25.1. The molecule has 90 valence electrons. The summed E-state index contributed by atoms with van der Waals surface area (Å²) in [5.41, 5.74) is -1.31. The van der Waals surface area contributed by atoms with Gasteiger partial charge < -0.3 is 14.7 Å². The van der Waals surface area contributed by atoms with Crippen LogP contribution in [-0.4, -0.2) is 48.2 Å². The third-order valence-corrected chi connectivity index (χ3v) is 3.70. The Labute approximate surface area is 94.4 Å². The van der Waals surface area contributed by atoms with E-state index in [1.165, 1.54) is 20.0 Å². The van der Waals surface area contributed by atoms with E-state index in [4.69, 9.17) is 0 Å². The molecule has 1 heterocycles. The number of carbonyl (C=O) groups excluding carboxylic acids is 1. The Bertz CT molecular complexity index is 303. The van der Waals surface area contributed by atoms with Crippen LogP contribution in [-0.2, 0) is 14.3 Å². The molecule has 2 aliphatic rings. The topological polar surface area (TPSA) is 66.8 Å². The molecule has 5 heteroatoms. The van der Waals surface area contributed by atoms with Gasteiger partial charge in [-0.2, -0.15) is 0 Å². The summed E-state index contributed by atoms with van der Waals surface area (Å²) >= 11 is 0. The van der Waals surface area contributed by atoms with E-state index < -0.39 is 17.4 Å². The van der Waals surface area contributed by atoms with Gasteiger partial charge in [0, 0.05) is 19.1 Å². The molecule has 5 nitrogen and oxygen atoms in total. The summed E-state index contributed by atoms with van der Waals surface area (Å²) in [7, 11) is 1.25. The molecule has 1 saturated carbocycles. The van der Waals surface area contributed by atoms with Crippen LogP contribution >= 0.6 is 0 Å². The second-order valence-electron chi connectivity index (χ2n) is 4.65. The quantitative estimate of drug-likeness (QED) is 0.561. The smallest absolute Gasteiger partial charge is 0.323 e. The maximum absolute atomic E-state index is 11.6. The molecule has 0 aromatic carbocycles. The second kappa shape index (κ2) is 4.05. The zero-order valence-electron chi connectivity index (χ0n) is 9.44. The van der Waals surface area contributed by atoms with Gasteiger partial charge >= 0.3 is 11.9 Å². The van der Waals surface area contributed by atoms with Crippen molar-refractivity contribution in [3.05, 3.63) is 0 Å². The number of nitrogens with zero attached hydrogens (tertiary/aromatic N) is 1. The van der Waals surface area contributed by atoms with E-state index in [9.17, 15) is 14.7 Å². The lowest BCUT2D eigenvalue weighted by Crippen LogP contribution is -2.50. The van der Waals surface area contributed by atoms with Gasteiger partial charge in [0.1, 0.15) is 0 Å². The average molecular weight is 227 g/mol. The fraction of sp³-hybridized carbons (Fsp3) is 0.818. The number of carboxylic acid groups (broad SMARTS) is 1. The Morgan fingerprint density at radius 1 is 1.31 bits per heavy atom.